The smallest absolute Gasteiger partial charge is 0.311 e. The fraction of sp³-hybridized carbons (Fsp3) is 0.474. The summed E-state index contributed by atoms with van der Waals surface area (Å²) in [7, 11) is 0. The highest BCUT2D eigenvalue weighted by atomic mass is 32.1. The van der Waals surface area contributed by atoms with Crippen LogP contribution < -0.4 is 10.1 Å². The van der Waals surface area contributed by atoms with E-state index in [4.69, 9.17) is 17.0 Å². The highest BCUT2D eigenvalue weighted by molar-refractivity contribution is 7.80. The molecule has 0 saturated carbocycles. The van der Waals surface area contributed by atoms with Crippen LogP contribution in [0, 0.1) is 10.1 Å². The van der Waals surface area contributed by atoms with E-state index >= 15 is 0 Å². The number of nitro benzene ring substituents is 1. The number of allylic oxidation sites excluding steroid dienone is 1. The fourth-order valence-corrected chi connectivity index (χ4v) is 3.52. The number of carbonyl (C=O) groups is 1. The van der Waals surface area contributed by atoms with Crippen molar-refractivity contribution in [3.05, 3.63) is 45.1 Å². The molecule has 1 aliphatic rings. The molecule has 1 aliphatic heterocycles. The first kappa shape index (κ1) is 20.8. The van der Waals surface area contributed by atoms with Crippen LogP contribution in [0.2, 0.25) is 0 Å². The third-order valence-electron chi connectivity index (χ3n) is 4.40. The third kappa shape index (κ3) is 4.44. The summed E-state index contributed by atoms with van der Waals surface area (Å²) in [6.45, 7) is 8.43. The molecule has 0 bridgehead atoms. The van der Waals surface area contributed by atoms with Crippen LogP contribution in [0.4, 0.5) is 5.69 Å². The highest BCUT2D eigenvalue weighted by Crippen LogP contribution is 2.36. The maximum absolute atomic E-state index is 12.4. The topological polar surface area (TPSA) is 84.7 Å². The number of benzene rings is 1. The van der Waals surface area contributed by atoms with E-state index in [-0.39, 0.29) is 17.2 Å². The van der Waals surface area contributed by atoms with Gasteiger partial charge in [-0.2, -0.15) is 0 Å². The molecule has 146 valence electrons. The first-order chi connectivity index (χ1) is 12.8. The molecule has 0 aromatic heterocycles. The Hall–Kier alpha value is -2.48. The quantitative estimate of drug-likeness (QED) is 0.409. The number of nitrogens with zero attached hydrogens (tertiary/aromatic N) is 2. The lowest BCUT2D eigenvalue weighted by Gasteiger charge is -2.37. The highest BCUT2D eigenvalue weighted by Gasteiger charge is 2.33. The van der Waals surface area contributed by atoms with Gasteiger partial charge in [0.05, 0.1) is 17.6 Å². The number of hydrogen-bond donors (Lipinski definition) is 1. The van der Waals surface area contributed by atoms with Crippen molar-refractivity contribution in [3.8, 4) is 5.75 Å². The molecule has 27 heavy (non-hydrogen) atoms. The summed E-state index contributed by atoms with van der Waals surface area (Å²) in [5.74, 6) is 0.129. The molecule has 2 rings (SSSR count). The van der Waals surface area contributed by atoms with E-state index in [0.717, 1.165) is 18.5 Å². The van der Waals surface area contributed by atoms with Gasteiger partial charge in [-0.3, -0.25) is 14.9 Å². The van der Waals surface area contributed by atoms with Crippen molar-refractivity contribution in [2.24, 2.45) is 0 Å². The van der Waals surface area contributed by atoms with Crippen LogP contribution in [0.5, 0.6) is 5.75 Å². The molecular weight excluding hydrogens is 366 g/mol. The number of ketones is 1. The number of carbonyl (C=O) groups excluding carboxylic acids is 1. The van der Waals surface area contributed by atoms with Crippen LogP contribution >= 0.6 is 12.2 Å². The van der Waals surface area contributed by atoms with Crippen molar-refractivity contribution in [1.82, 2.24) is 10.2 Å². The Morgan fingerprint density at radius 1 is 1.37 bits per heavy atom. The number of nitro groups is 1. The minimum Gasteiger partial charge on any atom is -0.487 e. The Balaban J connectivity index is 2.52. The second-order valence-corrected chi connectivity index (χ2v) is 6.81. The largest absolute Gasteiger partial charge is 0.487 e. The van der Waals surface area contributed by atoms with E-state index in [0.29, 0.717) is 29.4 Å². The van der Waals surface area contributed by atoms with Crippen molar-refractivity contribution in [3.63, 3.8) is 0 Å². The normalized spacial score (nSPS) is 17.0. The zero-order chi connectivity index (χ0) is 20.1. The Kier molecular flexibility index (Phi) is 6.90. The van der Waals surface area contributed by atoms with E-state index in [1.165, 1.54) is 13.0 Å². The van der Waals surface area contributed by atoms with E-state index in [2.05, 4.69) is 5.32 Å². The molecule has 0 saturated heterocycles. The molecule has 0 fully saturated rings. The second-order valence-electron chi connectivity index (χ2n) is 6.42. The van der Waals surface area contributed by atoms with Gasteiger partial charge < -0.3 is 15.0 Å². The van der Waals surface area contributed by atoms with Crippen molar-refractivity contribution < 1.29 is 14.5 Å². The molecule has 1 N–H and O–H groups in total. The number of Topliss-reactive ketones (excluding diaryl/α,β-unsaturated/α-hetero) is 1. The average molecular weight is 391 g/mol. The van der Waals surface area contributed by atoms with E-state index in [1.807, 2.05) is 25.7 Å². The first-order valence-electron chi connectivity index (χ1n) is 9.02. The molecule has 1 aromatic rings. The van der Waals surface area contributed by atoms with Crippen LogP contribution in [-0.4, -0.2) is 33.9 Å². The molecule has 1 aromatic carbocycles. The van der Waals surface area contributed by atoms with Gasteiger partial charge in [-0.25, -0.2) is 0 Å². The Morgan fingerprint density at radius 2 is 2.07 bits per heavy atom. The molecule has 1 unspecified atom stereocenters. The van der Waals surface area contributed by atoms with E-state index < -0.39 is 11.0 Å². The summed E-state index contributed by atoms with van der Waals surface area (Å²) in [4.78, 5) is 25.3. The van der Waals surface area contributed by atoms with E-state index in [9.17, 15) is 14.9 Å². The minimum absolute atomic E-state index is 0.0948. The summed E-state index contributed by atoms with van der Waals surface area (Å²) < 4.78 is 5.48. The monoisotopic (exact) mass is 391 g/mol. The van der Waals surface area contributed by atoms with Crippen LogP contribution in [0.3, 0.4) is 0 Å². The molecule has 0 spiro atoms. The average Bonchev–Trinajstić information content (AvgIpc) is 2.62. The van der Waals surface area contributed by atoms with Crippen LogP contribution in [0.1, 0.15) is 52.1 Å². The number of hydrogen-bond acceptors (Lipinski definition) is 5. The van der Waals surface area contributed by atoms with Gasteiger partial charge >= 0.3 is 5.69 Å². The Labute approximate surface area is 164 Å². The molecule has 0 aliphatic carbocycles. The van der Waals surface area contributed by atoms with E-state index in [1.54, 1.807) is 12.1 Å². The molecule has 7 nitrogen and oxygen atoms in total. The van der Waals surface area contributed by atoms with Crippen molar-refractivity contribution in [1.29, 1.82) is 0 Å². The molecule has 1 atom stereocenters. The van der Waals surface area contributed by atoms with Gasteiger partial charge in [-0.05, 0) is 50.5 Å². The predicted molar refractivity (Wildman–Crippen MR) is 108 cm³/mol. The summed E-state index contributed by atoms with van der Waals surface area (Å²) in [6.07, 6.45) is 1.63. The number of rotatable bonds is 8. The van der Waals surface area contributed by atoms with Crippen LogP contribution in [0.25, 0.3) is 0 Å². The van der Waals surface area contributed by atoms with Gasteiger partial charge in [0.1, 0.15) is 0 Å². The summed E-state index contributed by atoms with van der Waals surface area (Å²) in [5.41, 5.74) is 1.83. The zero-order valence-corrected chi connectivity index (χ0v) is 16.9. The summed E-state index contributed by atoms with van der Waals surface area (Å²) in [6, 6.07) is 4.25. The predicted octanol–water partition coefficient (Wildman–Crippen LogP) is 3.89. The summed E-state index contributed by atoms with van der Waals surface area (Å²) >= 11 is 5.46. The number of thiocarbonyl (C=S) groups is 1. The van der Waals surface area contributed by atoms with Gasteiger partial charge in [-0.1, -0.05) is 19.9 Å². The second kappa shape index (κ2) is 8.94. The van der Waals surface area contributed by atoms with Crippen molar-refractivity contribution in [2.75, 3.05) is 13.2 Å². The molecule has 0 amide bonds. The fourth-order valence-electron chi connectivity index (χ4n) is 3.17. The van der Waals surface area contributed by atoms with Crippen LogP contribution in [-0.2, 0) is 4.79 Å². The van der Waals surface area contributed by atoms with Gasteiger partial charge in [-0.15, -0.1) is 0 Å². The van der Waals surface area contributed by atoms with Crippen molar-refractivity contribution in [2.45, 2.75) is 46.6 Å². The number of ether oxygens (including phenoxy) is 1. The SMILES string of the molecule is CCCOc1ccc(C2NC(=S)N(CCC)C(C)=C2C(C)=O)cc1[N+](=O)[O-]. The van der Waals surface area contributed by atoms with Crippen molar-refractivity contribution >= 4 is 28.8 Å². The lowest BCUT2D eigenvalue weighted by Crippen LogP contribution is -2.47. The molecule has 1 heterocycles. The Morgan fingerprint density at radius 3 is 2.63 bits per heavy atom. The van der Waals surface area contributed by atoms with Gasteiger partial charge in [0.15, 0.2) is 16.6 Å². The Bertz CT molecular complexity index is 791. The third-order valence-corrected chi connectivity index (χ3v) is 4.74. The van der Waals surface area contributed by atoms with Gasteiger partial charge in [0, 0.05) is 23.9 Å². The van der Waals surface area contributed by atoms with Gasteiger partial charge in [0.2, 0.25) is 0 Å². The standard InChI is InChI=1S/C19H25N3O4S/c1-5-9-21-12(3)17(13(4)23)18(20-19(21)27)14-7-8-16(26-10-6-2)15(11-14)22(24)25/h7-8,11,18H,5-6,9-10H2,1-4H3,(H,20,27). The number of nitrogens with one attached hydrogen (secondary N) is 1. The molecule has 8 heteroatoms. The molecular formula is C19H25N3O4S. The maximum Gasteiger partial charge on any atom is 0.311 e. The van der Waals surface area contributed by atoms with Crippen LogP contribution in [0.15, 0.2) is 29.5 Å². The van der Waals surface area contributed by atoms with Gasteiger partial charge in [0.25, 0.3) is 0 Å². The zero-order valence-electron chi connectivity index (χ0n) is 16.1. The molecule has 0 radical (unpaired) electrons. The maximum atomic E-state index is 12.4. The summed E-state index contributed by atoms with van der Waals surface area (Å²) in [5, 5.41) is 15.2. The minimum atomic E-state index is -0.526. The lowest BCUT2D eigenvalue weighted by atomic mass is 9.92. The first-order valence-corrected chi connectivity index (χ1v) is 9.43. The lowest BCUT2D eigenvalue weighted by molar-refractivity contribution is -0.385.